The molecule has 1 saturated carbocycles. The van der Waals surface area contributed by atoms with E-state index in [1.165, 1.54) is 29.3 Å². The molecule has 1 aromatic carbocycles. The van der Waals surface area contributed by atoms with E-state index in [1.807, 2.05) is 0 Å². The van der Waals surface area contributed by atoms with E-state index in [4.69, 9.17) is 5.73 Å². The van der Waals surface area contributed by atoms with Crippen molar-refractivity contribution in [1.29, 1.82) is 0 Å². The summed E-state index contributed by atoms with van der Waals surface area (Å²) in [5, 5.41) is 1.35. The van der Waals surface area contributed by atoms with Crippen LogP contribution in [0.2, 0.25) is 0 Å². The van der Waals surface area contributed by atoms with E-state index < -0.39 is 0 Å². The quantitative estimate of drug-likeness (QED) is 0.832. The van der Waals surface area contributed by atoms with Gasteiger partial charge in [-0.2, -0.15) is 0 Å². The van der Waals surface area contributed by atoms with E-state index in [1.54, 1.807) is 0 Å². The number of aromatic nitrogens is 1. The third-order valence-electron chi connectivity index (χ3n) is 4.42. The van der Waals surface area contributed by atoms with Crippen LogP contribution in [0.1, 0.15) is 32.3 Å². The summed E-state index contributed by atoms with van der Waals surface area (Å²) in [5.74, 6) is 0. The van der Waals surface area contributed by atoms with E-state index in [0.717, 1.165) is 6.42 Å². The highest BCUT2D eigenvalue weighted by molar-refractivity contribution is 5.83. The van der Waals surface area contributed by atoms with E-state index >= 15 is 0 Å². The molecule has 1 heterocycles. The van der Waals surface area contributed by atoms with Crippen LogP contribution in [0.4, 0.5) is 0 Å². The molecule has 1 aliphatic rings. The average Bonchev–Trinajstić information content (AvgIpc) is 2.95. The highest BCUT2D eigenvalue weighted by atomic mass is 14.8. The summed E-state index contributed by atoms with van der Waals surface area (Å²) < 4.78 is 0. The Morgan fingerprint density at radius 2 is 2.00 bits per heavy atom. The molecule has 0 saturated heterocycles. The molecule has 17 heavy (non-hydrogen) atoms. The minimum absolute atomic E-state index is 0.0780. The van der Waals surface area contributed by atoms with Crippen molar-refractivity contribution < 1.29 is 0 Å². The zero-order chi connectivity index (χ0) is 12.1. The van der Waals surface area contributed by atoms with Crippen molar-refractivity contribution in [2.75, 3.05) is 0 Å². The molecule has 3 rings (SSSR count). The van der Waals surface area contributed by atoms with Crippen LogP contribution in [0.5, 0.6) is 0 Å². The molecular weight excluding hydrogens is 208 g/mol. The Morgan fingerprint density at radius 1 is 1.29 bits per heavy atom. The lowest BCUT2D eigenvalue weighted by Crippen LogP contribution is -2.43. The van der Waals surface area contributed by atoms with Gasteiger partial charge in [-0.25, -0.2) is 0 Å². The predicted molar refractivity (Wildman–Crippen MR) is 71.9 cm³/mol. The van der Waals surface area contributed by atoms with Gasteiger partial charge in [0.1, 0.15) is 0 Å². The summed E-state index contributed by atoms with van der Waals surface area (Å²) >= 11 is 0. The monoisotopic (exact) mass is 228 g/mol. The number of H-pyrrole nitrogens is 1. The molecule has 90 valence electrons. The Balaban J connectivity index is 1.96. The van der Waals surface area contributed by atoms with Gasteiger partial charge in [-0.1, -0.05) is 18.2 Å². The number of nitrogens with one attached hydrogen (secondary N) is 1. The molecule has 1 aromatic heterocycles. The molecule has 2 aromatic rings. The summed E-state index contributed by atoms with van der Waals surface area (Å²) in [4.78, 5) is 3.35. The Hall–Kier alpha value is -1.28. The molecule has 0 aliphatic heterocycles. The van der Waals surface area contributed by atoms with Gasteiger partial charge in [0, 0.05) is 22.6 Å². The summed E-state index contributed by atoms with van der Waals surface area (Å²) in [5.41, 5.74) is 9.21. The maximum atomic E-state index is 6.33. The Labute approximate surface area is 102 Å². The van der Waals surface area contributed by atoms with Crippen LogP contribution in [-0.4, -0.2) is 10.5 Å². The first-order valence-electron chi connectivity index (χ1n) is 6.36. The minimum atomic E-state index is -0.0780. The van der Waals surface area contributed by atoms with Gasteiger partial charge in [0.25, 0.3) is 0 Å². The number of aromatic amines is 1. The highest BCUT2D eigenvalue weighted by Gasteiger charge is 2.52. The third kappa shape index (κ3) is 1.67. The zero-order valence-electron chi connectivity index (χ0n) is 10.6. The second-order valence-corrected chi connectivity index (χ2v) is 6.04. The van der Waals surface area contributed by atoms with Gasteiger partial charge in [-0.05, 0) is 50.2 Å². The van der Waals surface area contributed by atoms with Crippen LogP contribution >= 0.6 is 0 Å². The first-order chi connectivity index (χ1) is 8.02. The number of fused-ring (bicyclic) bond motifs is 1. The van der Waals surface area contributed by atoms with Crippen molar-refractivity contribution in [2.45, 2.75) is 38.6 Å². The lowest BCUT2D eigenvalue weighted by Gasteiger charge is -2.30. The second kappa shape index (κ2) is 3.36. The number of hydrogen-bond donors (Lipinski definition) is 2. The van der Waals surface area contributed by atoms with Crippen molar-refractivity contribution in [2.24, 2.45) is 11.1 Å². The normalized spacial score (nSPS) is 18.5. The van der Waals surface area contributed by atoms with E-state index in [-0.39, 0.29) is 5.54 Å². The molecule has 0 unspecified atom stereocenters. The van der Waals surface area contributed by atoms with Crippen LogP contribution in [0.3, 0.4) is 0 Å². The molecule has 0 amide bonds. The van der Waals surface area contributed by atoms with E-state index in [2.05, 4.69) is 49.3 Å². The number of hydrogen-bond acceptors (Lipinski definition) is 1. The Kier molecular flexibility index (Phi) is 2.14. The van der Waals surface area contributed by atoms with Crippen molar-refractivity contribution in [1.82, 2.24) is 4.98 Å². The number of para-hydroxylation sites is 1. The fraction of sp³-hybridized carbons (Fsp3) is 0.467. The number of nitrogens with two attached hydrogens (primary N) is 1. The van der Waals surface area contributed by atoms with Gasteiger partial charge < -0.3 is 10.7 Å². The van der Waals surface area contributed by atoms with Gasteiger partial charge in [-0.15, -0.1) is 0 Å². The molecular formula is C15H20N2. The topological polar surface area (TPSA) is 41.8 Å². The molecule has 0 atom stereocenters. The van der Waals surface area contributed by atoms with Gasteiger partial charge in [0.2, 0.25) is 0 Å². The van der Waals surface area contributed by atoms with Gasteiger partial charge in [0.05, 0.1) is 0 Å². The smallest absolute Gasteiger partial charge is 0.0456 e. The third-order valence-corrected chi connectivity index (χ3v) is 4.42. The average molecular weight is 228 g/mol. The maximum absolute atomic E-state index is 6.33. The van der Waals surface area contributed by atoms with E-state index in [0.29, 0.717) is 5.41 Å². The van der Waals surface area contributed by atoms with Gasteiger partial charge >= 0.3 is 0 Å². The summed E-state index contributed by atoms with van der Waals surface area (Å²) in [6.07, 6.45) is 5.77. The van der Waals surface area contributed by atoms with Crippen LogP contribution in [0.25, 0.3) is 10.9 Å². The fourth-order valence-corrected chi connectivity index (χ4v) is 2.84. The number of benzene rings is 1. The predicted octanol–water partition coefficient (Wildman–Crippen LogP) is 3.23. The lowest BCUT2D eigenvalue weighted by atomic mass is 9.80. The molecule has 0 spiro atoms. The van der Waals surface area contributed by atoms with Crippen LogP contribution in [0.15, 0.2) is 30.5 Å². The zero-order valence-corrected chi connectivity index (χ0v) is 10.6. The first-order valence-corrected chi connectivity index (χ1v) is 6.36. The van der Waals surface area contributed by atoms with E-state index in [9.17, 15) is 0 Å². The standard InChI is InChI=1S/C15H20N2/c1-14(2,16)15(7-8-15)9-11-10-17-13-6-4-3-5-12(11)13/h3-6,10,17H,7-9,16H2,1-2H3. The minimum Gasteiger partial charge on any atom is -0.361 e. The van der Waals surface area contributed by atoms with Crippen molar-refractivity contribution in [3.8, 4) is 0 Å². The second-order valence-electron chi connectivity index (χ2n) is 6.04. The number of rotatable bonds is 3. The van der Waals surface area contributed by atoms with Crippen molar-refractivity contribution >= 4 is 10.9 Å². The van der Waals surface area contributed by atoms with Crippen LogP contribution < -0.4 is 5.73 Å². The molecule has 1 fully saturated rings. The van der Waals surface area contributed by atoms with Gasteiger partial charge in [0.15, 0.2) is 0 Å². The SMILES string of the molecule is CC(C)(N)C1(Cc2c[nH]c3ccccc23)CC1. The van der Waals surface area contributed by atoms with Crippen LogP contribution in [0, 0.1) is 5.41 Å². The molecule has 0 bridgehead atoms. The van der Waals surface area contributed by atoms with Gasteiger partial charge in [-0.3, -0.25) is 0 Å². The molecule has 2 heteroatoms. The van der Waals surface area contributed by atoms with Crippen LogP contribution in [-0.2, 0) is 6.42 Å². The Morgan fingerprint density at radius 3 is 2.65 bits per heavy atom. The highest BCUT2D eigenvalue weighted by Crippen LogP contribution is 2.55. The Bertz CT molecular complexity index is 541. The largest absolute Gasteiger partial charge is 0.361 e. The summed E-state index contributed by atoms with van der Waals surface area (Å²) in [6, 6.07) is 8.50. The van der Waals surface area contributed by atoms with Crippen molar-refractivity contribution in [3.63, 3.8) is 0 Å². The molecule has 1 aliphatic carbocycles. The summed E-state index contributed by atoms with van der Waals surface area (Å²) in [7, 11) is 0. The van der Waals surface area contributed by atoms with Crippen molar-refractivity contribution in [3.05, 3.63) is 36.0 Å². The molecule has 3 N–H and O–H groups in total. The fourth-order valence-electron chi connectivity index (χ4n) is 2.84. The maximum Gasteiger partial charge on any atom is 0.0456 e. The first kappa shape index (κ1) is 10.8. The summed E-state index contributed by atoms with van der Waals surface area (Å²) in [6.45, 7) is 4.32. The lowest BCUT2D eigenvalue weighted by molar-refractivity contribution is 0.293. The molecule has 0 radical (unpaired) electrons. The molecule has 2 nitrogen and oxygen atoms in total.